The van der Waals surface area contributed by atoms with Gasteiger partial charge < -0.3 is 4.79 Å². The van der Waals surface area contributed by atoms with Gasteiger partial charge in [-0.25, -0.2) is 0 Å². The van der Waals surface area contributed by atoms with E-state index in [2.05, 4.69) is 0 Å². The Hall–Kier alpha value is -1.15. The minimum absolute atomic E-state index is 0.0678. The van der Waals surface area contributed by atoms with Gasteiger partial charge in [0.1, 0.15) is 6.29 Å². The molecule has 0 bridgehead atoms. The van der Waals surface area contributed by atoms with E-state index < -0.39 is 0 Å². The first-order valence-corrected chi connectivity index (χ1v) is 3.84. The molecule has 0 saturated heterocycles. The summed E-state index contributed by atoms with van der Waals surface area (Å²) in [5.41, 5.74) is 0.520. The van der Waals surface area contributed by atoms with Crippen molar-refractivity contribution in [2.45, 2.75) is 6.42 Å². The highest BCUT2D eigenvalue weighted by Crippen LogP contribution is 2.10. The monoisotopic (exact) mass is 182 g/mol. The molecular formula is C9H7ClO2. The second-order valence-corrected chi connectivity index (χ2v) is 2.74. The van der Waals surface area contributed by atoms with E-state index in [9.17, 15) is 9.59 Å². The summed E-state index contributed by atoms with van der Waals surface area (Å²) in [6, 6.07) is 6.46. The number of carbonyl (C=O) groups is 2. The third-order valence-corrected chi connectivity index (χ3v) is 1.69. The molecule has 2 nitrogen and oxygen atoms in total. The number of Topliss-reactive ketones (excluding diaryl/α,β-unsaturated/α-hetero) is 1. The van der Waals surface area contributed by atoms with Crippen molar-refractivity contribution in [3.63, 3.8) is 0 Å². The van der Waals surface area contributed by atoms with Gasteiger partial charge >= 0.3 is 0 Å². The van der Waals surface area contributed by atoms with Gasteiger partial charge in [0.2, 0.25) is 0 Å². The fourth-order valence-corrected chi connectivity index (χ4v) is 0.955. The maximum Gasteiger partial charge on any atom is 0.169 e. The lowest BCUT2D eigenvalue weighted by Gasteiger charge is -1.95. The Morgan fingerprint density at radius 2 is 1.92 bits per heavy atom. The molecule has 1 aromatic carbocycles. The summed E-state index contributed by atoms with van der Waals surface area (Å²) in [4.78, 5) is 21.1. The van der Waals surface area contributed by atoms with Crippen LogP contribution in [0.25, 0.3) is 0 Å². The fraction of sp³-hybridized carbons (Fsp3) is 0.111. The first kappa shape index (κ1) is 8.94. The van der Waals surface area contributed by atoms with Crippen molar-refractivity contribution in [1.82, 2.24) is 0 Å². The molecule has 0 aliphatic carbocycles. The van der Waals surface area contributed by atoms with Gasteiger partial charge in [0.15, 0.2) is 5.78 Å². The summed E-state index contributed by atoms with van der Waals surface area (Å²) in [7, 11) is 0. The second-order valence-electron chi connectivity index (χ2n) is 2.30. The first-order valence-electron chi connectivity index (χ1n) is 3.46. The van der Waals surface area contributed by atoms with E-state index in [4.69, 9.17) is 11.6 Å². The van der Waals surface area contributed by atoms with Crippen molar-refractivity contribution in [3.05, 3.63) is 34.9 Å². The van der Waals surface area contributed by atoms with Crippen LogP contribution >= 0.6 is 11.6 Å². The topological polar surface area (TPSA) is 34.1 Å². The van der Waals surface area contributed by atoms with Gasteiger partial charge in [0.05, 0.1) is 6.42 Å². The number of halogens is 1. The molecule has 1 rings (SSSR count). The van der Waals surface area contributed by atoms with E-state index in [1.165, 1.54) is 0 Å². The molecule has 62 valence electrons. The van der Waals surface area contributed by atoms with E-state index in [-0.39, 0.29) is 12.2 Å². The molecular weight excluding hydrogens is 176 g/mol. The van der Waals surface area contributed by atoms with Gasteiger partial charge in [-0.15, -0.1) is 0 Å². The van der Waals surface area contributed by atoms with Crippen LogP contribution in [-0.2, 0) is 4.79 Å². The number of carbonyl (C=O) groups excluding carboxylic acids is 2. The van der Waals surface area contributed by atoms with Gasteiger partial charge in [0.25, 0.3) is 0 Å². The van der Waals surface area contributed by atoms with Crippen LogP contribution < -0.4 is 0 Å². The number of benzene rings is 1. The maximum absolute atomic E-state index is 11.1. The lowest BCUT2D eigenvalue weighted by atomic mass is 10.1. The highest BCUT2D eigenvalue weighted by molar-refractivity contribution is 6.30. The molecule has 0 saturated carbocycles. The molecule has 0 spiro atoms. The van der Waals surface area contributed by atoms with Crippen molar-refractivity contribution in [2.75, 3.05) is 0 Å². The molecule has 0 atom stereocenters. The Labute approximate surface area is 75.2 Å². The fourth-order valence-electron chi connectivity index (χ4n) is 0.829. The zero-order valence-corrected chi connectivity index (χ0v) is 7.04. The van der Waals surface area contributed by atoms with Crippen molar-refractivity contribution < 1.29 is 9.59 Å². The Balaban J connectivity index is 2.82. The molecule has 0 amide bonds. The maximum atomic E-state index is 11.1. The highest BCUT2D eigenvalue weighted by atomic mass is 35.5. The molecule has 0 unspecified atom stereocenters. The van der Waals surface area contributed by atoms with Crippen LogP contribution in [0.4, 0.5) is 0 Å². The average Bonchev–Trinajstić information content (AvgIpc) is 2.06. The molecule has 1 aromatic rings. The summed E-state index contributed by atoms with van der Waals surface area (Å²) in [6.45, 7) is 0. The highest BCUT2D eigenvalue weighted by Gasteiger charge is 2.03. The number of hydrogen-bond acceptors (Lipinski definition) is 2. The standard InChI is InChI=1S/C9H7ClO2/c10-8-3-1-7(2-4-8)9(12)5-6-11/h1-4,6H,5H2. The lowest BCUT2D eigenvalue weighted by Crippen LogP contribution is -1.98. The molecule has 12 heavy (non-hydrogen) atoms. The van der Waals surface area contributed by atoms with Crippen LogP contribution in [0.1, 0.15) is 16.8 Å². The van der Waals surface area contributed by atoms with Crippen molar-refractivity contribution in [3.8, 4) is 0 Å². The predicted molar refractivity (Wildman–Crippen MR) is 46.5 cm³/mol. The van der Waals surface area contributed by atoms with Gasteiger partial charge in [-0.05, 0) is 24.3 Å². The smallest absolute Gasteiger partial charge is 0.169 e. The Kier molecular flexibility index (Phi) is 3.00. The largest absolute Gasteiger partial charge is 0.303 e. The van der Waals surface area contributed by atoms with Gasteiger partial charge in [-0.2, -0.15) is 0 Å². The zero-order chi connectivity index (χ0) is 8.97. The Morgan fingerprint density at radius 3 is 2.42 bits per heavy atom. The minimum atomic E-state index is -0.179. The summed E-state index contributed by atoms with van der Waals surface area (Å²) < 4.78 is 0. The van der Waals surface area contributed by atoms with E-state index in [0.29, 0.717) is 16.9 Å². The van der Waals surface area contributed by atoms with E-state index in [1.54, 1.807) is 24.3 Å². The molecule has 0 heterocycles. The van der Waals surface area contributed by atoms with Crippen LogP contribution in [0.2, 0.25) is 5.02 Å². The number of aldehydes is 1. The second kappa shape index (κ2) is 4.02. The normalized spacial score (nSPS) is 9.42. The van der Waals surface area contributed by atoms with Crippen molar-refractivity contribution in [1.29, 1.82) is 0 Å². The van der Waals surface area contributed by atoms with Crippen molar-refractivity contribution >= 4 is 23.7 Å². The number of rotatable bonds is 3. The molecule has 0 aliphatic heterocycles. The Bertz CT molecular complexity index is 290. The summed E-state index contributed by atoms with van der Waals surface area (Å²) >= 11 is 5.61. The van der Waals surface area contributed by atoms with Gasteiger partial charge in [0, 0.05) is 10.6 Å². The van der Waals surface area contributed by atoms with Crippen LogP contribution in [0.15, 0.2) is 24.3 Å². The molecule has 3 heteroatoms. The van der Waals surface area contributed by atoms with E-state index >= 15 is 0 Å². The SMILES string of the molecule is O=CCC(=O)c1ccc(Cl)cc1. The number of ketones is 1. The van der Waals surface area contributed by atoms with E-state index in [0.717, 1.165) is 0 Å². The van der Waals surface area contributed by atoms with Crippen LogP contribution in [0.3, 0.4) is 0 Å². The van der Waals surface area contributed by atoms with Gasteiger partial charge in [-0.1, -0.05) is 11.6 Å². The predicted octanol–water partition coefficient (Wildman–Crippen LogP) is 2.11. The molecule has 0 N–H and O–H groups in total. The first-order chi connectivity index (χ1) is 5.74. The van der Waals surface area contributed by atoms with Gasteiger partial charge in [-0.3, -0.25) is 4.79 Å². The lowest BCUT2D eigenvalue weighted by molar-refractivity contribution is -0.107. The third kappa shape index (κ3) is 2.17. The van der Waals surface area contributed by atoms with Crippen LogP contribution in [0, 0.1) is 0 Å². The molecule has 0 fully saturated rings. The summed E-state index contributed by atoms with van der Waals surface area (Å²) in [5, 5.41) is 0.581. The van der Waals surface area contributed by atoms with E-state index in [1.807, 2.05) is 0 Å². The summed E-state index contributed by atoms with van der Waals surface area (Å²) in [5.74, 6) is -0.179. The average molecular weight is 183 g/mol. The molecule has 0 radical (unpaired) electrons. The van der Waals surface area contributed by atoms with Crippen LogP contribution in [-0.4, -0.2) is 12.1 Å². The minimum Gasteiger partial charge on any atom is -0.303 e. The summed E-state index contributed by atoms with van der Waals surface area (Å²) in [6.07, 6.45) is 0.526. The molecule has 0 aromatic heterocycles. The van der Waals surface area contributed by atoms with Crippen molar-refractivity contribution in [2.24, 2.45) is 0 Å². The molecule has 0 aliphatic rings. The Morgan fingerprint density at radius 1 is 1.33 bits per heavy atom. The quantitative estimate of drug-likeness (QED) is 0.408. The third-order valence-electron chi connectivity index (χ3n) is 1.43. The zero-order valence-electron chi connectivity index (χ0n) is 6.29. The van der Waals surface area contributed by atoms with Crippen LogP contribution in [0.5, 0.6) is 0 Å². The number of hydrogen-bond donors (Lipinski definition) is 0.